The second-order valence-corrected chi connectivity index (χ2v) is 5.89. The number of rotatable bonds is 14. The van der Waals surface area contributed by atoms with E-state index in [0.29, 0.717) is 6.42 Å². The SMILES string of the molecule is CCCCCCCCCCCCCCCC(=O)S.[H-].[Na+]. The van der Waals surface area contributed by atoms with Crippen molar-refractivity contribution < 1.29 is 35.8 Å². The Morgan fingerprint density at radius 3 is 1.37 bits per heavy atom. The molecular weight excluding hydrogens is 263 g/mol. The van der Waals surface area contributed by atoms with Gasteiger partial charge in [0.1, 0.15) is 0 Å². The third kappa shape index (κ3) is 21.5. The predicted octanol–water partition coefficient (Wildman–Crippen LogP) is 3.04. The number of thiol groups is 1. The van der Waals surface area contributed by atoms with Crippen molar-refractivity contribution in [1.29, 1.82) is 0 Å². The monoisotopic (exact) mass is 296 g/mol. The third-order valence-electron chi connectivity index (χ3n) is 3.49. The van der Waals surface area contributed by atoms with Gasteiger partial charge in [-0.2, -0.15) is 0 Å². The van der Waals surface area contributed by atoms with Crippen molar-refractivity contribution in [3.63, 3.8) is 0 Å². The zero-order chi connectivity index (χ0) is 13.5. The summed E-state index contributed by atoms with van der Waals surface area (Å²) in [4.78, 5) is 10.6. The Hall–Kier alpha value is 1.02. The summed E-state index contributed by atoms with van der Waals surface area (Å²) in [6.07, 6.45) is 18.2. The fraction of sp³-hybridized carbons (Fsp3) is 0.938. The molecule has 110 valence electrons. The van der Waals surface area contributed by atoms with Crippen LogP contribution in [0.4, 0.5) is 0 Å². The maximum absolute atomic E-state index is 10.6. The van der Waals surface area contributed by atoms with Crippen LogP contribution in [-0.4, -0.2) is 5.12 Å². The number of carbonyl (C=O) groups is 1. The summed E-state index contributed by atoms with van der Waals surface area (Å²) in [7, 11) is 0. The van der Waals surface area contributed by atoms with Gasteiger partial charge in [-0.25, -0.2) is 0 Å². The Labute approximate surface area is 149 Å². The zero-order valence-electron chi connectivity index (χ0n) is 14.3. The Balaban J connectivity index is -0.00000144. The van der Waals surface area contributed by atoms with Crippen molar-refractivity contribution in [2.75, 3.05) is 0 Å². The van der Waals surface area contributed by atoms with Crippen LogP contribution in [0.5, 0.6) is 0 Å². The van der Waals surface area contributed by atoms with Gasteiger partial charge in [-0.05, 0) is 6.42 Å². The smallest absolute Gasteiger partial charge is 1.00 e. The third-order valence-corrected chi connectivity index (χ3v) is 3.72. The van der Waals surface area contributed by atoms with Crippen LogP contribution in [-0.2, 0) is 4.79 Å². The molecule has 0 aromatic carbocycles. The minimum absolute atomic E-state index is 0. The maximum Gasteiger partial charge on any atom is 1.00 e. The number of unbranched alkanes of at least 4 members (excludes halogenated alkanes) is 12. The minimum Gasteiger partial charge on any atom is -1.00 e. The van der Waals surface area contributed by atoms with E-state index < -0.39 is 0 Å². The van der Waals surface area contributed by atoms with Crippen molar-refractivity contribution in [3.8, 4) is 0 Å². The van der Waals surface area contributed by atoms with E-state index in [1.807, 2.05) is 0 Å². The second kappa shape index (κ2) is 19.0. The van der Waals surface area contributed by atoms with Crippen LogP contribution in [0, 0.1) is 0 Å². The van der Waals surface area contributed by atoms with Gasteiger partial charge in [-0.15, -0.1) is 12.6 Å². The first-order valence-corrected chi connectivity index (χ1v) is 8.44. The molecule has 19 heavy (non-hydrogen) atoms. The second-order valence-electron chi connectivity index (χ2n) is 5.39. The van der Waals surface area contributed by atoms with Crippen molar-refractivity contribution in [1.82, 2.24) is 0 Å². The van der Waals surface area contributed by atoms with E-state index in [9.17, 15) is 4.79 Å². The summed E-state index contributed by atoms with van der Waals surface area (Å²) in [5.41, 5.74) is 0. The van der Waals surface area contributed by atoms with E-state index in [0.717, 1.165) is 6.42 Å². The standard InChI is InChI=1S/C16H32OS.Na.H/c1-2-3-4-5-6-7-8-9-10-11-12-13-14-15-16(17)18;;/h2-15H2,1H3,(H,17,18);;/q;+1;-1. The van der Waals surface area contributed by atoms with Crippen molar-refractivity contribution >= 4 is 17.7 Å². The minimum atomic E-state index is 0. The quantitative estimate of drug-likeness (QED) is 0.296. The van der Waals surface area contributed by atoms with E-state index >= 15 is 0 Å². The van der Waals surface area contributed by atoms with E-state index in [-0.39, 0.29) is 36.1 Å². The molecule has 0 amide bonds. The molecule has 0 fully saturated rings. The van der Waals surface area contributed by atoms with Crippen molar-refractivity contribution in [3.05, 3.63) is 0 Å². The van der Waals surface area contributed by atoms with Gasteiger partial charge < -0.3 is 1.43 Å². The Bertz CT molecular complexity index is 191. The fourth-order valence-corrected chi connectivity index (χ4v) is 2.45. The summed E-state index contributed by atoms with van der Waals surface area (Å²) < 4.78 is 0. The molecule has 0 rings (SSSR count). The molecule has 0 saturated heterocycles. The van der Waals surface area contributed by atoms with Gasteiger partial charge >= 0.3 is 29.6 Å². The molecule has 0 radical (unpaired) electrons. The van der Waals surface area contributed by atoms with Crippen LogP contribution in [0.1, 0.15) is 98.2 Å². The molecule has 3 heteroatoms. The Kier molecular flexibility index (Phi) is 22.3. The molecule has 0 aliphatic rings. The molecule has 1 nitrogen and oxygen atoms in total. The van der Waals surface area contributed by atoms with Gasteiger partial charge in [0, 0.05) is 6.42 Å². The molecule has 0 heterocycles. The summed E-state index contributed by atoms with van der Waals surface area (Å²) in [5, 5.41) is 0.0399. The van der Waals surface area contributed by atoms with Crippen LogP contribution in [0.3, 0.4) is 0 Å². The molecule has 0 unspecified atom stereocenters. The molecule has 0 aliphatic heterocycles. The molecule has 0 N–H and O–H groups in total. The van der Waals surface area contributed by atoms with Crippen LogP contribution in [0.2, 0.25) is 0 Å². The number of hydrogen-bond acceptors (Lipinski definition) is 1. The van der Waals surface area contributed by atoms with Gasteiger partial charge in [-0.3, -0.25) is 4.79 Å². The zero-order valence-corrected chi connectivity index (χ0v) is 16.1. The van der Waals surface area contributed by atoms with Crippen molar-refractivity contribution in [2.24, 2.45) is 0 Å². The van der Waals surface area contributed by atoms with Crippen LogP contribution >= 0.6 is 12.6 Å². The molecule has 0 aromatic heterocycles. The summed E-state index contributed by atoms with van der Waals surface area (Å²) in [6.45, 7) is 2.27. The Morgan fingerprint density at radius 1 is 0.737 bits per heavy atom. The molecular formula is C16H33NaOS. The van der Waals surface area contributed by atoms with Crippen molar-refractivity contribution in [2.45, 2.75) is 96.8 Å². The normalized spacial score (nSPS) is 10.2. The largest absolute Gasteiger partial charge is 1.00 e. The van der Waals surface area contributed by atoms with Gasteiger partial charge in [0.25, 0.3) is 0 Å². The van der Waals surface area contributed by atoms with Gasteiger partial charge in [-0.1, -0.05) is 84.0 Å². The van der Waals surface area contributed by atoms with Gasteiger partial charge in [0.2, 0.25) is 0 Å². The molecule has 0 saturated carbocycles. The molecule has 0 aromatic rings. The van der Waals surface area contributed by atoms with E-state index in [4.69, 9.17) is 0 Å². The molecule has 0 aliphatic carbocycles. The van der Waals surface area contributed by atoms with E-state index in [1.54, 1.807) is 0 Å². The van der Waals surface area contributed by atoms with Crippen LogP contribution < -0.4 is 29.6 Å². The van der Waals surface area contributed by atoms with Gasteiger partial charge in [0.15, 0.2) is 5.12 Å². The first kappa shape index (κ1) is 22.3. The first-order valence-electron chi connectivity index (χ1n) is 7.99. The van der Waals surface area contributed by atoms with Gasteiger partial charge in [0.05, 0.1) is 0 Å². The average Bonchev–Trinajstić information content (AvgIpc) is 2.34. The average molecular weight is 296 g/mol. The van der Waals surface area contributed by atoms with Crippen LogP contribution in [0.15, 0.2) is 0 Å². The summed E-state index contributed by atoms with van der Waals surface area (Å²) >= 11 is 3.77. The predicted molar refractivity (Wildman–Crippen MR) is 85.4 cm³/mol. The number of hydrogen-bond donors (Lipinski definition) is 1. The topological polar surface area (TPSA) is 17.1 Å². The summed E-state index contributed by atoms with van der Waals surface area (Å²) in [6, 6.07) is 0. The molecule has 0 bridgehead atoms. The van der Waals surface area contributed by atoms with E-state index in [1.165, 1.54) is 77.0 Å². The number of carbonyl (C=O) groups excluding carboxylic acids is 1. The first-order chi connectivity index (χ1) is 8.77. The molecule has 0 atom stereocenters. The molecule has 0 spiro atoms. The Morgan fingerprint density at radius 2 is 1.05 bits per heavy atom. The summed E-state index contributed by atoms with van der Waals surface area (Å²) in [5.74, 6) is 0. The maximum atomic E-state index is 10.6. The fourth-order valence-electron chi connectivity index (χ4n) is 2.29. The van der Waals surface area contributed by atoms with E-state index in [2.05, 4.69) is 19.6 Å². The van der Waals surface area contributed by atoms with Crippen LogP contribution in [0.25, 0.3) is 0 Å².